The molecule has 64 valence electrons. The Morgan fingerprint density at radius 1 is 1.55 bits per heavy atom. The van der Waals surface area contributed by atoms with E-state index < -0.39 is 12.0 Å². The molecular weight excluding hydrogens is 170 g/mol. The molecule has 0 aliphatic carbocycles. The summed E-state index contributed by atoms with van der Waals surface area (Å²) in [5.41, 5.74) is 0. The molecule has 0 aliphatic heterocycles. The molecule has 0 heterocycles. The Bertz CT molecular complexity index is 160. The van der Waals surface area contributed by atoms with Crippen LogP contribution >= 0.6 is 11.6 Å². The standard InChI is InChI=1S/C6H10ClNO3/c1-2-3-8(6(10)11)5(9)4-7/h2-4H2,1H3,(H,10,11). The van der Waals surface area contributed by atoms with Gasteiger partial charge in [-0.3, -0.25) is 4.79 Å². The van der Waals surface area contributed by atoms with Crippen molar-refractivity contribution < 1.29 is 14.7 Å². The minimum atomic E-state index is -1.24. The molecule has 0 fully saturated rings. The van der Waals surface area contributed by atoms with Crippen LogP contribution in [0.4, 0.5) is 4.79 Å². The highest BCUT2D eigenvalue weighted by molar-refractivity contribution is 6.28. The summed E-state index contributed by atoms with van der Waals surface area (Å²) in [5, 5.41) is 8.45. The number of rotatable bonds is 3. The molecule has 0 bridgehead atoms. The first-order chi connectivity index (χ1) is 5.13. The SMILES string of the molecule is CCCN(C(=O)O)C(=O)CCl. The third kappa shape index (κ3) is 3.23. The largest absolute Gasteiger partial charge is 0.465 e. The zero-order valence-corrected chi connectivity index (χ0v) is 6.97. The predicted octanol–water partition coefficient (Wildman–Crippen LogP) is 1.14. The third-order valence-electron chi connectivity index (χ3n) is 1.09. The predicted molar refractivity (Wildman–Crippen MR) is 40.7 cm³/mol. The highest BCUT2D eigenvalue weighted by Crippen LogP contribution is 1.95. The highest BCUT2D eigenvalue weighted by atomic mass is 35.5. The number of carboxylic acid groups (broad SMARTS) is 1. The van der Waals surface area contributed by atoms with Crippen molar-refractivity contribution in [2.24, 2.45) is 0 Å². The van der Waals surface area contributed by atoms with Gasteiger partial charge in [0.25, 0.3) is 0 Å². The van der Waals surface area contributed by atoms with Gasteiger partial charge in [-0.15, -0.1) is 11.6 Å². The summed E-state index contributed by atoms with van der Waals surface area (Å²) in [7, 11) is 0. The number of nitrogens with zero attached hydrogens (tertiary/aromatic N) is 1. The number of hydrogen-bond acceptors (Lipinski definition) is 2. The Labute approximate surface area is 69.7 Å². The van der Waals surface area contributed by atoms with E-state index in [0.29, 0.717) is 11.3 Å². The minimum absolute atomic E-state index is 0.209. The lowest BCUT2D eigenvalue weighted by Crippen LogP contribution is -2.37. The number of alkyl halides is 1. The lowest BCUT2D eigenvalue weighted by atomic mass is 10.4. The Kier molecular flexibility index (Phi) is 4.61. The molecule has 5 heteroatoms. The van der Waals surface area contributed by atoms with Crippen LogP contribution in [0, 0.1) is 0 Å². The second-order valence-electron chi connectivity index (χ2n) is 1.96. The second kappa shape index (κ2) is 4.96. The van der Waals surface area contributed by atoms with Crippen molar-refractivity contribution in [3.05, 3.63) is 0 Å². The fraction of sp³-hybridized carbons (Fsp3) is 0.667. The molecule has 2 amide bonds. The van der Waals surface area contributed by atoms with Crippen LogP contribution in [0.5, 0.6) is 0 Å². The first-order valence-electron chi connectivity index (χ1n) is 3.22. The van der Waals surface area contributed by atoms with Gasteiger partial charge in [0, 0.05) is 6.54 Å². The van der Waals surface area contributed by atoms with Gasteiger partial charge in [-0.05, 0) is 6.42 Å². The topological polar surface area (TPSA) is 57.6 Å². The molecule has 0 saturated heterocycles. The van der Waals surface area contributed by atoms with Gasteiger partial charge in [0.05, 0.1) is 0 Å². The number of hydrogen-bond donors (Lipinski definition) is 1. The monoisotopic (exact) mass is 179 g/mol. The van der Waals surface area contributed by atoms with Crippen LogP contribution in [0.1, 0.15) is 13.3 Å². The van der Waals surface area contributed by atoms with E-state index in [1.54, 1.807) is 6.92 Å². The number of imide groups is 1. The average molecular weight is 180 g/mol. The molecule has 0 aromatic rings. The lowest BCUT2D eigenvalue weighted by Gasteiger charge is -2.13. The number of halogens is 1. The fourth-order valence-electron chi connectivity index (χ4n) is 0.623. The van der Waals surface area contributed by atoms with E-state index in [9.17, 15) is 9.59 Å². The van der Waals surface area contributed by atoms with Gasteiger partial charge in [-0.25, -0.2) is 9.69 Å². The molecule has 0 aromatic heterocycles. The van der Waals surface area contributed by atoms with Crippen LogP contribution < -0.4 is 0 Å². The molecule has 0 atom stereocenters. The van der Waals surface area contributed by atoms with Crippen LogP contribution in [0.25, 0.3) is 0 Å². The normalized spacial score (nSPS) is 9.27. The Balaban J connectivity index is 4.09. The number of carbonyl (C=O) groups is 2. The molecule has 4 nitrogen and oxygen atoms in total. The van der Waals surface area contributed by atoms with E-state index in [1.165, 1.54) is 0 Å². The molecule has 0 unspecified atom stereocenters. The molecule has 0 aliphatic rings. The van der Waals surface area contributed by atoms with Gasteiger partial charge in [0.15, 0.2) is 0 Å². The summed E-state index contributed by atoms with van der Waals surface area (Å²) < 4.78 is 0. The zero-order chi connectivity index (χ0) is 8.85. The van der Waals surface area contributed by atoms with Crippen molar-refractivity contribution in [2.75, 3.05) is 12.4 Å². The van der Waals surface area contributed by atoms with Crippen LogP contribution in [0.2, 0.25) is 0 Å². The molecule has 0 saturated carbocycles. The molecule has 0 radical (unpaired) electrons. The Hall–Kier alpha value is -0.770. The van der Waals surface area contributed by atoms with E-state index in [-0.39, 0.29) is 12.4 Å². The van der Waals surface area contributed by atoms with Crippen LogP contribution in [-0.2, 0) is 4.79 Å². The summed E-state index contributed by atoms with van der Waals surface area (Å²) in [5.74, 6) is -0.854. The molecule has 1 N–H and O–H groups in total. The minimum Gasteiger partial charge on any atom is -0.465 e. The summed E-state index contributed by atoms with van der Waals surface area (Å²) >= 11 is 5.17. The van der Waals surface area contributed by atoms with E-state index in [4.69, 9.17) is 16.7 Å². The second-order valence-corrected chi connectivity index (χ2v) is 2.23. The van der Waals surface area contributed by atoms with Gasteiger partial charge in [-0.2, -0.15) is 0 Å². The summed E-state index contributed by atoms with van der Waals surface area (Å²) in [6.45, 7) is 2.00. The maximum absolute atomic E-state index is 10.8. The van der Waals surface area contributed by atoms with Crippen LogP contribution in [-0.4, -0.2) is 34.4 Å². The molecule has 0 spiro atoms. The van der Waals surface area contributed by atoms with Gasteiger partial charge in [0.2, 0.25) is 5.91 Å². The van der Waals surface area contributed by atoms with Crippen molar-refractivity contribution in [1.29, 1.82) is 0 Å². The van der Waals surface area contributed by atoms with E-state index >= 15 is 0 Å². The average Bonchev–Trinajstić information content (AvgIpc) is 1.98. The highest BCUT2D eigenvalue weighted by Gasteiger charge is 2.17. The van der Waals surface area contributed by atoms with Crippen LogP contribution in [0.15, 0.2) is 0 Å². The molecular formula is C6H10ClNO3. The lowest BCUT2D eigenvalue weighted by molar-refractivity contribution is -0.126. The summed E-state index contributed by atoms with van der Waals surface area (Å²) in [6, 6.07) is 0. The first-order valence-corrected chi connectivity index (χ1v) is 3.76. The van der Waals surface area contributed by atoms with Crippen molar-refractivity contribution in [1.82, 2.24) is 4.90 Å². The van der Waals surface area contributed by atoms with Gasteiger partial charge < -0.3 is 5.11 Å². The fourth-order valence-corrected chi connectivity index (χ4v) is 0.767. The molecule has 0 rings (SSSR count). The quantitative estimate of drug-likeness (QED) is 0.661. The van der Waals surface area contributed by atoms with E-state index in [2.05, 4.69) is 0 Å². The number of amides is 2. The summed E-state index contributed by atoms with van der Waals surface area (Å²) in [6.07, 6.45) is -0.632. The van der Waals surface area contributed by atoms with Crippen LogP contribution in [0.3, 0.4) is 0 Å². The zero-order valence-electron chi connectivity index (χ0n) is 6.21. The molecule has 11 heavy (non-hydrogen) atoms. The third-order valence-corrected chi connectivity index (χ3v) is 1.32. The number of carbonyl (C=O) groups excluding carboxylic acids is 1. The molecule has 0 aromatic carbocycles. The van der Waals surface area contributed by atoms with Gasteiger partial charge in [0.1, 0.15) is 5.88 Å². The maximum atomic E-state index is 10.8. The Morgan fingerprint density at radius 2 is 2.09 bits per heavy atom. The van der Waals surface area contributed by atoms with Crippen molar-refractivity contribution >= 4 is 23.6 Å². The van der Waals surface area contributed by atoms with Gasteiger partial charge >= 0.3 is 6.09 Å². The first kappa shape index (κ1) is 10.2. The van der Waals surface area contributed by atoms with Crippen molar-refractivity contribution in [3.63, 3.8) is 0 Å². The van der Waals surface area contributed by atoms with Gasteiger partial charge in [-0.1, -0.05) is 6.92 Å². The smallest absolute Gasteiger partial charge is 0.414 e. The van der Waals surface area contributed by atoms with E-state index in [1.807, 2.05) is 0 Å². The van der Waals surface area contributed by atoms with Crippen molar-refractivity contribution in [3.8, 4) is 0 Å². The maximum Gasteiger partial charge on any atom is 0.414 e. The Morgan fingerprint density at radius 3 is 2.36 bits per heavy atom. The summed E-state index contributed by atoms with van der Waals surface area (Å²) in [4.78, 5) is 21.8. The van der Waals surface area contributed by atoms with E-state index in [0.717, 1.165) is 0 Å². The van der Waals surface area contributed by atoms with Crippen molar-refractivity contribution in [2.45, 2.75) is 13.3 Å².